The number of benzene rings is 3. The summed E-state index contributed by atoms with van der Waals surface area (Å²) in [5.74, 6) is 1.58. The van der Waals surface area contributed by atoms with Crippen molar-refractivity contribution in [3.05, 3.63) is 81.8 Å². The molecule has 3 rings (SSSR count). The van der Waals surface area contributed by atoms with E-state index < -0.39 is 26.4 Å². The normalized spacial score (nSPS) is 13.5. The predicted molar refractivity (Wildman–Crippen MR) is 177 cm³/mol. The van der Waals surface area contributed by atoms with Gasteiger partial charge in [-0.2, -0.15) is 20.5 Å². The molecule has 1 unspecified atom stereocenters. The van der Waals surface area contributed by atoms with Gasteiger partial charge in [0.25, 0.3) is 0 Å². The molecule has 3 aromatic rings. The van der Waals surface area contributed by atoms with Crippen LogP contribution in [0.2, 0.25) is 0 Å². The van der Waals surface area contributed by atoms with Gasteiger partial charge in [-0.1, -0.05) is 71.7 Å². The molecule has 0 spiro atoms. The van der Waals surface area contributed by atoms with E-state index in [0.717, 1.165) is 35.1 Å². The van der Waals surface area contributed by atoms with E-state index in [2.05, 4.69) is 15.9 Å². The molecule has 0 bridgehead atoms. The standard InChI is InChI=1S/C31H39BrF2O7P2S/c1-5-9-18-38-29-17-15-26(20-30(29)42(35,36)39-6-2)25-13-10-23(11-14-25)21-44-22-24-12-16-27(28(32)19-24)31(33,34)43(37,40-7-3)41-8-4/h10-17,19-20H,5-9,18,21-22H2,1-4H3,(H,35,36). The summed E-state index contributed by atoms with van der Waals surface area (Å²) in [6, 6.07) is 17.5. The molecule has 0 aromatic heterocycles. The van der Waals surface area contributed by atoms with E-state index in [-0.39, 0.29) is 29.6 Å². The molecule has 0 radical (unpaired) electrons. The predicted octanol–water partition coefficient (Wildman–Crippen LogP) is 9.89. The third kappa shape index (κ3) is 9.26. The first-order chi connectivity index (χ1) is 20.9. The molecule has 0 heterocycles. The van der Waals surface area contributed by atoms with Gasteiger partial charge in [-0.15, -0.1) is 0 Å². The van der Waals surface area contributed by atoms with Gasteiger partial charge in [0.15, 0.2) is 0 Å². The average Bonchev–Trinajstić information content (AvgIpc) is 2.98. The number of ether oxygens (including phenoxy) is 1. The molecule has 1 N–H and O–H groups in total. The van der Waals surface area contributed by atoms with Crippen molar-refractivity contribution in [2.45, 2.75) is 57.7 Å². The Morgan fingerprint density at radius 2 is 1.41 bits per heavy atom. The lowest BCUT2D eigenvalue weighted by Gasteiger charge is -2.26. The Bertz CT molecular complexity index is 1460. The van der Waals surface area contributed by atoms with Crippen LogP contribution in [-0.4, -0.2) is 31.3 Å². The lowest BCUT2D eigenvalue weighted by atomic mass is 10.0. The zero-order valence-corrected chi connectivity index (χ0v) is 29.5. The average molecular weight is 736 g/mol. The van der Waals surface area contributed by atoms with Gasteiger partial charge >= 0.3 is 20.9 Å². The molecule has 7 nitrogen and oxygen atoms in total. The quantitative estimate of drug-likeness (QED) is 0.102. The van der Waals surface area contributed by atoms with Crippen molar-refractivity contribution in [3.63, 3.8) is 0 Å². The van der Waals surface area contributed by atoms with E-state index in [4.69, 9.17) is 18.3 Å². The minimum atomic E-state index is -4.70. The van der Waals surface area contributed by atoms with Gasteiger partial charge in [0, 0.05) is 21.5 Å². The van der Waals surface area contributed by atoms with E-state index in [0.29, 0.717) is 23.9 Å². The highest BCUT2D eigenvalue weighted by atomic mass is 79.9. The summed E-state index contributed by atoms with van der Waals surface area (Å²) in [6.07, 6.45) is 1.77. The Labute approximate surface area is 271 Å². The van der Waals surface area contributed by atoms with Crippen LogP contribution in [0.4, 0.5) is 8.78 Å². The molecular formula is C31H39BrF2O7P2S. The van der Waals surface area contributed by atoms with Crippen molar-refractivity contribution < 1.29 is 41.1 Å². The van der Waals surface area contributed by atoms with Gasteiger partial charge in [-0.25, -0.2) is 0 Å². The van der Waals surface area contributed by atoms with Crippen molar-refractivity contribution in [2.75, 3.05) is 26.4 Å². The van der Waals surface area contributed by atoms with Crippen LogP contribution in [0.1, 0.15) is 57.2 Å². The monoisotopic (exact) mass is 734 g/mol. The largest absolute Gasteiger partial charge is 0.493 e. The van der Waals surface area contributed by atoms with Crippen LogP contribution in [-0.2, 0) is 39.9 Å². The minimum absolute atomic E-state index is 0.0935. The van der Waals surface area contributed by atoms with Crippen LogP contribution in [0.3, 0.4) is 0 Å². The van der Waals surface area contributed by atoms with Crippen molar-refractivity contribution in [1.29, 1.82) is 0 Å². The summed E-state index contributed by atoms with van der Waals surface area (Å²) in [5.41, 5.74) is -0.764. The molecular weight excluding hydrogens is 696 g/mol. The van der Waals surface area contributed by atoms with Crippen LogP contribution in [0.25, 0.3) is 11.1 Å². The summed E-state index contributed by atoms with van der Waals surface area (Å²) in [4.78, 5) is 10.6. The maximum absolute atomic E-state index is 15.2. The molecule has 1 atom stereocenters. The van der Waals surface area contributed by atoms with E-state index in [1.807, 2.05) is 37.3 Å². The Morgan fingerprint density at radius 1 is 0.818 bits per heavy atom. The summed E-state index contributed by atoms with van der Waals surface area (Å²) >= 11 is 4.83. The summed E-state index contributed by atoms with van der Waals surface area (Å²) < 4.78 is 77.0. The van der Waals surface area contributed by atoms with E-state index in [1.54, 1.807) is 43.0 Å². The fourth-order valence-electron chi connectivity index (χ4n) is 4.27. The highest BCUT2D eigenvalue weighted by Gasteiger charge is 2.55. The number of rotatable bonds is 18. The number of hydrogen-bond donors (Lipinski definition) is 1. The summed E-state index contributed by atoms with van der Waals surface area (Å²) in [5, 5.41) is 0.140. The fourth-order valence-corrected chi connectivity index (χ4v) is 8.82. The summed E-state index contributed by atoms with van der Waals surface area (Å²) in [7, 11) is -8.77. The molecule has 44 heavy (non-hydrogen) atoms. The molecule has 0 aliphatic heterocycles. The van der Waals surface area contributed by atoms with Crippen molar-refractivity contribution in [3.8, 4) is 16.9 Å². The van der Waals surface area contributed by atoms with Gasteiger partial charge in [0.1, 0.15) is 11.1 Å². The minimum Gasteiger partial charge on any atom is -0.493 e. The van der Waals surface area contributed by atoms with Gasteiger partial charge < -0.3 is 23.2 Å². The van der Waals surface area contributed by atoms with Crippen LogP contribution in [0, 0.1) is 0 Å². The zero-order valence-electron chi connectivity index (χ0n) is 25.3. The number of halogens is 3. The van der Waals surface area contributed by atoms with Crippen LogP contribution in [0.5, 0.6) is 5.75 Å². The number of alkyl halides is 2. The van der Waals surface area contributed by atoms with Crippen molar-refractivity contribution in [2.24, 2.45) is 0 Å². The first-order valence-corrected chi connectivity index (χ1v) is 19.5. The third-order valence-corrected chi connectivity index (χ3v) is 11.9. The summed E-state index contributed by atoms with van der Waals surface area (Å²) in [6.45, 7) is 6.89. The van der Waals surface area contributed by atoms with Gasteiger partial charge in [-0.3, -0.25) is 9.13 Å². The molecule has 13 heteroatoms. The molecule has 3 aromatic carbocycles. The molecule has 0 saturated carbocycles. The third-order valence-electron chi connectivity index (χ3n) is 6.45. The Kier molecular flexibility index (Phi) is 14.1. The molecule has 0 aliphatic rings. The lowest BCUT2D eigenvalue weighted by Crippen LogP contribution is -2.19. The number of unbranched alkanes of at least 4 members (excludes halogenated alkanes) is 1. The zero-order chi connectivity index (χ0) is 32.4. The molecule has 0 saturated heterocycles. The maximum Gasteiger partial charge on any atom is 0.404 e. The van der Waals surface area contributed by atoms with E-state index in [9.17, 15) is 14.0 Å². The Morgan fingerprint density at radius 3 is 2.00 bits per heavy atom. The van der Waals surface area contributed by atoms with Gasteiger partial charge in [0.05, 0.1) is 26.4 Å². The molecule has 0 amide bonds. The second kappa shape index (κ2) is 16.8. The molecule has 0 fully saturated rings. The number of hydrogen-bond acceptors (Lipinski definition) is 7. The Balaban J connectivity index is 1.69. The topological polar surface area (TPSA) is 91.3 Å². The van der Waals surface area contributed by atoms with Crippen LogP contribution in [0.15, 0.2) is 65.1 Å². The first-order valence-electron chi connectivity index (χ1n) is 14.4. The van der Waals surface area contributed by atoms with Gasteiger partial charge in [-0.05, 0) is 67.6 Å². The lowest BCUT2D eigenvalue weighted by molar-refractivity contribution is 0.0354. The number of thioether (sulfide) groups is 1. The Hall–Kier alpha value is -1.55. The smallest absolute Gasteiger partial charge is 0.404 e. The van der Waals surface area contributed by atoms with E-state index in [1.165, 1.54) is 19.9 Å². The van der Waals surface area contributed by atoms with Crippen LogP contribution < -0.4 is 10.0 Å². The first kappa shape index (κ1) is 36.9. The fraction of sp³-hybridized carbons (Fsp3) is 0.419. The molecule has 0 aliphatic carbocycles. The highest BCUT2D eigenvalue weighted by molar-refractivity contribution is 9.10. The van der Waals surface area contributed by atoms with Crippen LogP contribution >= 0.6 is 42.9 Å². The van der Waals surface area contributed by atoms with E-state index >= 15 is 8.78 Å². The second-order valence-corrected chi connectivity index (χ2v) is 15.4. The van der Waals surface area contributed by atoms with Gasteiger partial charge in [0.2, 0.25) is 0 Å². The highest BCUT2D eigenvalue weighted by Crippen LogP contribution is 2.67. The van der Waals surface area contributed by atoms with Crippen molar-refractivity contribution in [1.82, 2.24) is 0 Å². The SMILES string of the molecule is CCCCOc1ccc(-c2ccc(CSCc3ccc(C(F)(F)P(=O)(OCC)OCC)c(Br)c3)cc2)cc1P(=O)(O)OCC. The maximum atomic E-state index is 15.2. The molecule has 242 valence electrons. The second-order valence-electron chi connectivity index (χ2n) is 9.70. The van der Waals surface area contributed by atoms with Crippen molar-refractivity contribution >= 4 is 48.2 Å².